The van der Waals surface area contributed by atoms with Crippen molar-refractivity contribution in [2.24, 2.45) is 0 Å². The van der Waals surface area contributed by atoms with Crippen molar-refractivity contribution < 1.29 is 114 Å². The Morgan fingerprint density at radius 1 is 0.844 bits per heavy atom. The number of ketones is 1. The van der Waals surface area contributed by atoms with Crippen molar-refractivity contribution in [3.05, 3.63) is 95.6 Å². The van der Waals surface area contributed by atoms with E-state index in [2.05, 4.69) is 0 Å². The van der Waals surface area contributed by atoms with Crippen molar-refractivity contribution in [1.82, 2.24) is 0 Å². The maximum absolute atomic E-state index is 12.7. The molecule has 0 heterocycles. The fourth-order valence-electron chi connectivity index (χ4n) is 3.07. The van der Waals surface area contributed by atoms with Crippen LogP contribution in [-0.2, 0) is 0 Å². The van der Waals surface area contributed by atoms with Crippen LogP contribution in [0.1, 0.15) is 33.8 Å². The number of allylic oxidation sites excluding steroid dienone is 1. The summed E-state index contributed by atoms with van der Waals surface area (Å²) in [5.74, 6) is -1.52. The molecule has 0 aliphatic heterocycles. The number of methoxy groups -OCH3 is 1. The van der Waals surface area contributed by atoms with Gasteiger partial charge in [0.15, 0.2) is 5.78 Å². The fourth-order valence-corrected chi connectivity index (χ4v) is 3.07. The summed E-state index contributed by atoms with van der Waals surface area (Å²) in [5.41, 5.74) is 0.832. The van der Waals surface area contributed by atoms with Gasteiger partial charge < -0.3 is 20.1 Å². The topological polar surface area (TPSA) is 95.5 Å². The van der Waals surface area contributed by atoms with E-state index in [9.17, 15) is 20.1 Å². The van der Waals surface area contributed by atoms with Crippen LogP contribution >= 0.6 is 0 Å². The second-order valence-electron chi connectivity index (χ2n) is 6.53. The molecule has 5 nitrogen and oxygen atoms in total. The molecule has 0 amide bonds. The standard InChI is InChI=1S/C24H22O5.3Na/c1-29-18-12-10-16(11-13-18)17(14-23(27)19-6-2-4-8-21(19)25)15-24(28)20-7-3-5-9-22(20)26;;;/h2-14,17,25-27H,15H2,1H3;;;/q;3*+1/p-3/b23-14-;;;. The Balaban J connectivity index is 0.00000320. The Morgan fingerprint density at radius 2 is 1.34 bits per heavy atom. The van der Waals surface area contributed by atoms with E-state index in [4.69, 9.17) is 4.74 Å². The van der Waals surface area contributed by atoms with Crippen molar-refractivity contribution >= 4 is 11.5 Å². The van der Waals surface area contributed by atoms with E-state index >= 15 is 0 Å². The SMILES string of the molecule is COc1ccc(C(/C=C(\[O-])c2ccccc2[O-])CC(=O)c2ccccc2[O-])cc1.[Na+].[Na+].[Na+]. The number of hydrogen-bond donors (Lipinski definition) is 0. The van der Waals surface area contributed by atoms with E-state index in [1.54, 1.807) is 55.6 Å². The number of para-hydroxylation sites is 2. The minimum Gasteiger partial charge on any atom is -0.872 e. The number of hydrogen-bond acceptors (Lipinski definition) is 5. The van der Waals surface area contributed by atoms with Crippen LogP contribution in [0.4, 0.5) is 0 Å². The molecule has 0 saturated carbocycles. The molecule has 0 bridgehead atoms. The van der Waals surface area contributed by atoms with Gasteiger partial charge >= 0.3 is 88.7 Å². The molecule has 0 spiro atoms. The quantitative estimate of drug-likeness (QED) is 0.200. The first-order valence-corrected chi connectivity index (χ1v) is 9.08. The van der Waals surface area contributed by atoms with Crippen LogP contribution in [0, 0.1) is 0 Å². The summed E-state index contributed by atoms with van der Waals surface area (Å²) in [5, 5.41) is 36.7. The maximum atomic E-state index is 12.7. The summed E-state index contributed by atoms with van der Waals surface area (Å²) in [7, 11) is 1.54. The van der Waals surface area contributed by atoms with Crippen LogP contribution in [-0.4, -0.2) is 12.9 Å². The largest absolute Gasteiger partial charge is 1.00 e. The summed E-state index contributed by atoms with van der Waals surface area (Å²) in [4.78, 5) is 12.7. The van der Waals surface area contributed by atoms with Gasteiger partial charge in [-0.15, -0.1) is 11.5 Å². The third kappa shape index (κ3) is 8.24. The van der Waals surface area contributed by atoms with Crippen molar-refractivity contribution in [3.8, 4) is 17.2 Å². The average molecular weight is 456 g/mol. The van der Waals surface area contributed by atoms with E-state index in [0.29, 0.717) is 11.3 Å². The monoisotopic (exact) mass is 456 g/mol. The van der Waals surface area contributed by atoms with Crippen molar-refractivity contribution in [2.45, 2.75) is 12.3 Å². The molecule has 0 N–H and O–H groups in total. The Morgan fingerprint density at radius 3 is 1.84 bits per heavy atom. The number of rotatable bonds is 7. The van der Waals surface area contributed by atoms with Gasteiger partial charge in [-0.1, -0.05) is 72.5 Å². The molecule has 0 aliphatic rings. The third-order valence-corrected chi connectivity index (χ3v) is 4.64. The van der Waals surface area contributed by atoms with Crippen LogP contribution < -0.4 is 109 Å². The molecular weight excluding hydrogens is 437 g/mol. The van der Waals surface area contributed by atoms with Crippen LogP contribution in [0.15, 0.2) is 78.9 Å². The van der Waals surface area contributed by atoms with Crippen LogP contribution in [0.2, 0.25) is 0 Å². The van der Waals surface area contributed by atoms with E-state index < -0.39 is 11.7 Å². The number of benzene rings is 3. The molecule has 8 heteroatoms. The first kappa shape index (κ1) is 31.3. The minimum atomic E-state index is -0.597. The van der Waals surface area contributed by atoms with Crippen molar-refractivity contribution in [2.75, 3.05) is 7.11 Å². The van der Waals surface area contributed by atoms with E-state index in [-0.39, 0.29) is 124 Å². The maximum Gasteiger partial charge on any atom is 1.00 e. The van der Waals surface area contributed by atoms with Gasteiger partial charge in [0.05, 0.1) is 7.11 Å². The molecule has 0 fully saturated rings. The van der Waals surface area contributed by atoms with Gasteiger partial charge in [0.1, 0.15) is 5.75 Å². The zero-order valence-corrected chi connectivity index (χ0v) is 24.8. The fraction of sp³-hybridized carbons (Fsp3) is 0.125. The zero-order valence-electron chi connectivity index (χ0n) is 18.8. The van der Waals surface area contributed by atoms with Gasteiger partial charge in [0.25, 0.3) is 0 Å². The van der Waals surface area contributed by atoms with Gasteiger partial charge in [-0.2, -0.15) is 0 Å². The van der Waals surface area contributed by atoms with Gasteiger partial charge in [0.2, 0.25) is 0 Å². The molecule has 0 aromatic heterocycles. The molecule has 0 aliphatic carbocycles. The predicted molar refractivity (Wildman–Crippen MR) is 104 cm³/mol. The molecule has 1 unspecified atom stereocenters. The summed E-state index contributed by atoms with van der Waals surface area (Å²) < 4.78 is 5.15. The molecular formula is C24H19Na3O5. The zero-order chi connectivity index (χ0) is 20.8. The molecule has 32 heavy (non-hydrogen) atoms. The number of Topliss-reactive ketones (excluding diaryl/α,β-unsaturated/α-hetero) is 1. The second-order valence-corrected chi connectivity index (χ2v) is 6.53. The Hall–Kier alpha value is -0.730. The molecule has 3 aromatic carbocycles. The van der Waals surface area contributed by atoms with E-state index in [0.717, 1.165) is 0 Å². The van der Waals surface area contributed by atoms with Gasteiger partial charge in [-0.3, -0.25) is 4.79 Å². The first-order chi connectivity index (χ1) is 14.0. The number of ether oxygens (including phenoxy) is 1. The smallest absolute Gasteiger partial charge is 0.872 e. The molecule has 0 saturated heterocycles. The molecule has 1 atom stereocenters. The van der Waals surface area contributed by atoms with Crippen LogP contribution in [0.3, 0.4) is 0 Å². The summed E-state index contributed by atoms with van der Waals surface area (Å²) in [6.45, 7) is 0. The van der Waals surface area contributed by atoms with E-state index in [1.807, 2.05) is 0 Å². The van der Waals surface area contributed by atoms with Crippen molar-refractivity contribution in [3.63, 3.8) is 0 Å². The van der Waals surface area contributed by atoms with Crippen LogP contribution in [0.25, 0.3) is 5.76 Å². The Labute approximate surface area is 254 Å². The van der Waals surface area contributed by atoms with Gasteiger partial charge in [-0.05, 0) is 23.3 Å². The molecule has 0 radical (unpaired) electrons. The predicted octanol–water partition coefficient (Wildman–Crippen LogP) is -6.39. The Kier molecular flexibility index (Phi) is 14.9. The number of carbonyl (C=O) groups excluding carboxylic acids is 1. The summed E-state index contributed by atoms with van der Waals surface area (Å²) >= 11 is 0. The third-order valence-electron chi connectivity index (χ3n) is 4.64. The minimum absolute atomic E-state index is 0. The molecule has 3 aromatic rings. The molecule has 3 rings (SSSR count). The Bertz CT molecular complexity index is 1040. The van der Waals surface area contributed by atoms with Crippen molar-refractivity contribution in [1.29, 1.82) is 0 Å². The average Bonchev–Trinajstić information content (AvgIpc) is 2.73. The summed E-state index contributed by atoms with van der Waals surface area (Å²) in [6.07, 6.45) is 1.29. The number of carbonyl (C=O) groups is 1. The molecule has 148 valence electrons. The van der Waals surface area contributed by atoms with E-state index in [1.165, 1.54) is 30.3 Å². The summed E-state index contributed by atoms with van der Waals surface area (Å²) in [6, 6.07) is 18.9. The van der Waals surface area contributed by atoms with Crippen LogP contribution in [0.5, 0.6) is 17.2 Å². The first-order valence-electron chi connectivity index (χ1n) is 9.08. The van der Waals surface area contributed by atoms with Gasteiger partial charge in [-0.25, -0.2) is 0 Å². The second kappa shape index (κ2) is 15.2. The van der Waals surface area contributed by atoms with Gasteiger partial charge in [0, 0.05) is 17.9 Å². The normalized spacial score (nSPS) is 11.2.